The molecule has 3 aromatic rings. The molecule has 0 fully saturated rings. The van der Waals surface area contributed by atoms with Crippen molar-refractivity contribution in [2.24, 2.45) is 0 Å². The summed E-state index contributed by atoms with van der Waals surface area (Å²) in [5, 5.41) is 2.12. The van der Waals surface area contributed by atoms with E-state index >= 15 is 0 Å². The van der Waals surface area contributed by atoms with Gasteiger partial charge in [-0.1, -0.05) is 9.15 Å². The number of furan rings is 1. The normalized spacial score (nSPS) is 14.2. The van der Waals surface area contributed by atoms with Crippen molar-refractivity contribution in [2.75, 3.05) is 0 Å². The molecular weight excluding hydrogens is 262 g/mol. The minimum absolute atomic E-state index is 0.397. The predicted molar refractivity (Wildman–Crippen MR) is 81.0 cm³/mol. The second kappa shape index (κ2) is 4.40. The van der Waals surface area contributed by atoms with Crippen LogP contribution in [0.3, 0.4) is 0 Å². The highest BCUT2D eigenvalue weighted by molar-refractivity contribution is 6.04. The zero-order valence-corrected chi connectivity index (χ0v) is 11.9. The number of hydrogen-bond acceptors (Lipinski definition) is 2. The van der Waals surface area contributed by atoms with Gasteiger partial charge in [0.25, 0.3) is 6.20 Å². The summed E-state index contributed by atoms with van der Waals surface area (Å²) < 4.78 is 9.80. The van der Waals surface area contributed by atoms with Crippen molar-refractivity contribution in [3.8, 4) is 0 Å². The molecule has 3 heterocycles. The number of pyridine rings is 1. The van der Waals surface area contributed by atoms with E-state index in [1.165, 1.54) is 0 Å². The first-order valence-corrected chi connectivity index (χ1v) is 7.02. The fourth-order valence-electron chi connectivity index (χ4n) is 2.51. The van der Waals surface area contributed by atoms with Gasteiger partial charge in [-0.05, 0) is 32.0 Å². The maximum absolute atomic E-state index is 5.75. The van der Waals surface area contributed by atoms with Gasteiger partial charge >= 0.3 is 6.01 Å². The summed E-state index contributed by atoms with van der Waals surface area (Å²) >= 11 is 0. The van der Waals surface area contributed by atoms with Gasteiger partial charge in [-0.15, -0.1) is 0 Å². The number of hydrogen-bond donors (Lipinski definition) is 0. The van der Waals surface area contributed by atoms with Gasteiger partial charge < -0.3 is 4.42 Å². The molecule has 1 aliphatic rings. The van der Waals surface area contributed by atoms with E-state index < -0.39 is 0 Å². The highest BCUT2D eigenvalue weighted by atomic mass is 16.3. The van der Waals surface area contributed by atoms with Crippen LogP contribution in [0.1, 0.15) is 13.8 Å². The van der Waals surface area contributed by atoms with Gasteiger partial charge in [0, 0.05) is 29.1 Å². The highest BCUT2D eigenvalue weighted by Crippen LogP contribution is 2.30. The number of benzene rings is 1. The summed E-state index contributed by atoms with van der Waals surface area (Å²) in [5.74, 6) is 0. The topological polar surface area (TPSA) is 32.0 Å². The molecule has 4 rings (SSSR count). The fourth-order valence-corrected chi connectivity index (χ4v) is 2.51. The van der Waals surface area contributed by atoms with E-state index in [2.05, 4.69) is 35.5 Å². The Bertz CT molecular complexity index is 956. The summed E-state index contributed by atoms with van der Waals surface area (Å²) in [5.41, 5.74) is 2.60. The number of nitrogens with zero attached hydrogens (tertiary/aromatic N) is 3. The second-order valence-electron chi connectivity index (χ2n) is 5.41. The Kier molecular flexibility index (Phi) is 2.53. The van der Waals surface area contributed by atoms with Gasteiger partial charge in [0.05, 0.1) is 0 Å². The molecule has 0 amide bonds. The molecule has 0 atom stereocenters. The van der Waals surface area contributed by atoms with Crippen molar-refractivity contribution in [3.05, 3.63) is 48.9 Å². The molecule has 0 aliphatic carbocycles. The summed E-state index contributed by atoms with van der Waals surface area (Å²) in [6.07, 6.45) is 5.79. The van der Waals surface area contributed by atoms with Crippen molar-refractivity contribution in [3.63, 3.8) is 0 Å². The molecule has 0 N–H and O–H groups in total. The van der Waals surface area contributed by atoms with E-state index in [1.54, 1.807) is 6.20 Å². The number of fused-ring (bicyclic) bond motifs is 3. The first-order valence-electron chi connectivity index (χ1n) is 7.02. The van der Waals surface area contributed by atoms with Crippen LogP contribution in [0.2, 0.25) is 0 Å². The van der Waals surface area contributed by atoms with Crippen LogP contribution in [0.4, 0.5) is 5.69 Å². The largest absolute Gasteiger partial charge is 0.495 e. The van der Waals surface area contributed by atoms with E-state index in [1.807, 2.05) is 41.2 Å². The highest BCUT2D eigenvalue weighted by Gasteiger charge is 2.22. The van der Waals surface area contributed by atoms with E-state index in [9.17, 15) is 0 Å². The van der Waals surface area contributed by atoms with Crippen molar-refractivity contribution < 1.29 is 13.6 Å². The Hall–Kier alpha value is -2.71. The van der Waals surface area contributed by atoms with Gasteiger partial charge in [-0.25, -0.2) is 4.98 Å². The molecule has 4 nitrogen and oxygen atoms in total. The lowest BCUT2D eigenvalue weighted by Gasteiger charge is -1.90. The Morgan fingerprint density at radius 1 is 1.14 bits per heavy atom. The second-order valence-corrected chi connectivity index (χ2v) is 5.41. The SMILES string of the molecule is CC(C)[N+]1=C=[N+](c2ccc3oc4ncccc4c3c2)C=C1. The average Bonchev–Trinajstić information content (AvgIpc) is 3.11. The van der Waals surface area contributed by atoms with E-state index in [0.717, 1.165) is 22.0 Å². The van der Waals surface area contributed by atoms with Crippen molar-refractivity contribution in [2.45, 2.75) is 19.9 Å². The number of rotatable bonds is 2. The van der Waals surface area contributed by atoms with Gasteiger partial charge in [-0.3, -0.25) is 0 Å². The van der Waals surface area contributed by atoms with Crippen LogP contribution in [0.5, 0.6) is 0 Å². The summed E-state index contributed by atoms with van der Waals surface area (Å²) in [4.78, 5) is 4.26. The van der Waals surface area contributed by atoms with Crippen LogP contribution in [0.15, 0.2) is 53.3 Å². The van der Waals surface area contributed by atoms with E-state index in [-0.39, 0.29) is 0 Å². The fraction of sp³-hybridized carbons (Fsp3) is 0.176. The first kappa shape index (κ1) is 12.1. The molecule has 21 heavy (non-hydrogen) atoms. The predicted octanol–water partition coefficient (Wildman–Crippen LogP) is 3.70. The Labute approximate surface area is 122 Å². The summed E-state index contributed by atoms with van der Waals surface area (Å²) in [6.45, 7) is 4.28. The molecule has 102 valence electrons. The molecule has 0 radical (unpaired) electrons. The lowest BCUT2D eigenvalue weighted by atomic mass is 10.2. The van der Waals surface area contributed by atoms with Crippen LogP contribution < -0.4 is 0 Å². The van der Waals surface area contributed by atoms with Crippen LogP contribution >= 0.6 is 0 Å². The Morgan fingerprint density at radius 2 is 2.05 bits per heavy atom. The lowest BCUT2D eigenvalue weighted by Crippen LogP contribution is -2.11. The van der Waals surface area contributed by atoms with Crippen molar-refractivity contribution >= 4 is 33.8 Å². The molecule has 2 aromatic heterocycles. The molecule has 1 aliphatic heterocycles. The van der Waals surface area contributed by atoms with Gasteiger partial charge in [0.15, 0.2) is 6.04 Å². The van der Waals surface area contributed by atoms with E-state index in [0.29, 0.717) is 11.8 Å². The standard InChI is InChI=1S/C17H15N3O/c1-12(2)19-8-9-20(11-19)13-5-6-16-15(10-13)14-4-3-7-18-17(14)21-16/h3-10,12H,1-2H3/q+2. The third-order valence-corrected chi connectivity index (χ3v) is 3.67. The van der Waals surface area contributed by atoms with Gasteiger partial charge in [0.2, 0.25) is 17.6 Å². The minimum Gasteiger partial charge on any atom is -0.438 e. The third-order valence-electron chi connectivity index (χ3n) is 3.67. The van der Waals surface area contributed by atoms with Crippen molar-refractivity contribution in [1.29, 1.82) is 0 Å². The average molecular weight is 277 g/mol. The zero-order chi connectivity index (χ0) is 14.4. The number of aromatic nitrogens is 1. The minimum atomic E-state index is 0.397. The molecule has 0 bridgehead atoms. The molecule has 1 aromatic carbocycles. The van der Waals surface area contributed by atoms with Crippen LogP contribution in [-0.2, 0) is 0 Å². The molecule has 0 unspecified atom stereocenters. The molecule has 0 saturated heterocycles. The molecule has 4 heteroatoms. The zero-order valence-electron chi connectivity index (χ0n) is 11.9. The Balaban J connectivity index is 1.94. The third kappa shape index (κ3) is 1.89. The Morgan fingerprint density at radius 3 is 2.86 bits per heavy atom. The van der Waals surface area contributed by atoms with Crippen LogP contribution in [0, 0.1) is 0 Å². The maximum atomic E-state index is 5.75. The quantitative estimate of drug-likeness (QED) is 0.669. The first-order chi connectivity index (χ1) is 10.2. The molecule has 0 saturated carbocycles. The van der Waals surface area contributed by atoms with Crippen LogP contribution in [0.25, 0.3) is 22.1 Å². The van der Waals surface area contributed by atoms with Crippen molar-refractivity contribution in [1.82, 2.24) is 4.98 Å². The van der Waals surface area contributed by atoms with Gasteiger partial charge in [0.1, 0.15) is 5.58 Å². The smallest absolute Gasteiger partial charge is 0.438 e. The van der Waals surface area contributed by atoms with E-state index in [4.69, 9.17) is 4.42 Å². The molecular formula is C17H15N3O+2. The summed E-state index contributed by atoms with van der Waals surface area (Å²) in [7, 11) is 0. The lowest BCUT2D eigenvalue weighted by molar-refractivity contribution is -0.491. The maximum Gasteiger partial charge on any atom is 0.495 e. The summed E-state index contributed by atoms with van der Waals surface area (Å²) in [6, 6.07) is 13.8. The molecule has 0 spiro atoms. The van der Waals surface area contributed by atoms with Gasteiger partial charge in [-0.2, -0.15) is 0 Å². The monoisotopic (exact) mass is 277 g/mol. The van der Waals surface area contributed by atoms with Crippen LogP contribution in [-0.4, -0.2) is 26.2 Å².